The maximum Gasteiger partial charge on any atom is 0.142 e. The van der Waals surface area contributed by atoms with Crippen LogP contribution in [0.2, 0.25) is 5.02 Å². The number of rotatable bonds is 4. The first-order valence-corrected chi connectivity index (χ1v) is 6.47. The molecule has 0 radical (unpaired) electrons. The third-order valence-electron chi connectivity index (χ3n) is 3.75. The molecule has 1 unspecified atom stereocenters. The highest BCUT2D eigenvalue weighted by Gasteiger charge is 2.50. The quantitative estimate of drug-likeness (QED) is 0.828. The monoisotopic (exact) mass is 254 g/mol. The number of hydrogen-bond acceptors (Lipinski definition) is 2. The highest BCUT2D eigenvalue weighted by Crippen LogP contribution is 2.52. The number of carbonyl (C=O) groups is 1. The van der Waals surface area contributed by atoms with E-state index in [4.69, 9.17) is 11.6 Å². The normalized spacial score (nSPS) is 21.6. The Morgan fingerprint density at radius 1 is 1.59 bits per heavy atom. The summed E-state index contributed by atoms with van der Waals surface area (Å²) in [6.07, 6.45) is 2.22. The van der Waals surface area contributed by atoms with E-state index in [9.17, 15) is 4.79 Å². The molecule has 1 aliphatic carbocycles. The lowest BCUT2D eigenvalue weighted by atomic mass is 10.0. The van der Waals surface area contributed by atoms with Crippen LogP contribution in [0.15, 0.2) is 0 Å². The molecule has 1 aliphatic rings. The topological polar surface area (TPSA) is 34.9 Å². The van der Waals surface area contributed by atoms with Gasteiger partial charge in [0.1, 0.15) is 5.78 Å². The third-order valence-corrected chi connectivity index (χ3v) is 4.18. The number of aryl methyl sites for hydroxylation is 2. The highest BCUT2D eigenvalue weighted by atomic mass is 35.5. The van der Waals surface area contributed by atoms with Crippen molar-refractivity contribution in [1.29, 1.82) is 0 Å². The van der Waals surface area contributed by atoms with Gasteiger partial charge in [-0.25, -0.2) is 0 Å². The van der Waals surface area contributed by atoms with Gasteiger partial charge in [0.2, 0.25) is 0 Å². The summed E-state index contributed by atoms with van der Waals surface area (Å²) in [4.78, 5) is 12.1. The van der Waals surface area contributed by atoms with Crippen LogP contribution in [-0.2, 0) is 24.7 Å². The number of ketones is 1. The molecule has 0 N–H and O–H groups in total. The molecule has 94 valence electrons. The Kier molecular flexibility index (Phi) is 3.06. The SMILES string of the molecule is CCc1nn(C)c(CC(=O)C2CC2(C)C)c1Cl. The second-order valence-corrected chi connectivity index (χ2v) is 5.95. The van der Waals surface area contributed by atoms with Gasteiger partial charge in [0.25, 0.3) is 0 Å². The van der Waals surface area contributed by atoms with Gasteiger partial charge >= 0.3 is 0 Å². The summed E-state index contributed by atoms with van der Waals surface area (Å²) < 4.78 is 1.74. The van der Waals surface area contributed by atoms with E-state index in [1.807, 2.05) is 14.0 Å². The first kappa shape index (κ1) is 12.6. The van der Waals surface area contributed by atoms with Gasteiger partial charge in [-0.3, -0.25) is 9.48 Å². The van der Waals surface area contributed by atoms with Crippen LogP contribution in [0, 0.1) is 11.3 Å². The fraction of sp³-hybridized carbons (Fsp3) is 0.692. The lowest BCUT2D eigenvalue weighted by Gasteiger charge is -2.04. The van der Waals surface area contributed by atoms with Crippen LogP contribution in [0.1, 0.15) is 38.6 Å². The van der Waals surface area contributed by atoms with Gasteiger partial charge in [-0.15, -0.1) is 0 Å². The molecular formula is C13H19ClN2O. The summed E-state index contributed by atoms with van der Waals surface area (Å²) in [7, 11) is 1.85. The second kappa shape index (κ2) is 4.13. The number of carbonyl (C=O) groups excluding carboxylic acids is 1. The smallest absolute Gasteiger partial charge is 0.142 e. The molecule has 17 heavy (non-hydrogen) atoms. The summed E-state index contributed by atoms with van der Waals surface area (Å²) in [5.41, 5.74) is 1.93. The first-order valence-electron chi connectivity index (χ1n) is 6.09. The lowest BCUT2D eigenvalue weighted by molar-refractivity contribution is -0.120. The predicted molar refractivity (Wildman–Crippen MR) is 68.2 cm³/mol. The minimum absolute atomic E-state index is 0.190. The van der Waals surface area contributed by atoms with Gasteiger partial charge < -0.3 is 0 Å². The number of halogens is 1. The van der Waals surface area contributed by atoms with E-state index in [1.165, 1.54) is 0 Å². The maximum atomic E-state index is 12.1. The van der Waals surface area contributed by atoms with Gasteiger partial charge in [0.05, 0.1) is 22.8 Å². The van der Waals surface area contributed by atoms with Crippen LogP contribution < -0.4 is 0 Å². The van der Waals surface area contributed by atoms with E-state index >= 15 is 0 Å². The second-order valence-electron chi connectivity index (χ2n) is 5.57. The Morgan fingerprint density at radius 3 is 2.59 bits per heavy atom. The van der Waals surface area contributed by atoms with Crippen molar-refractivity contribution in [2.75, 3.05) is 0 Å². The average Bonchev–Trinajstić information content (AvgIpc) is 2.81. The van der Waals surface area contributed by atoms with Crippen molar-refractivity contribution in [3.63, 3.8) is 0 Å². The molecule has 3 nitrogen and oxygen atoms in total. The largest absolute Gasteiger partial charge is 0.299 e. The Labute approximate surface area is 107 Å². The van der Waals surface area contributed by atoms with Crippen molar-refractivity contribution >= 4 is 17.4 Å². The molecule has 1 aromatic heterocycles. The molecule has 0 aromatic carbocycles. The van der Waals surface area contributed by atoms with Crippen LogP contribution in [0.25, 0.3) is 0 Å². The van der Waals surface area contributed by atoms with Gasteiger partial charge in [-0.05, 0) is 18.3 Å². The summed E-state index contributed by atoms with van der Waals surface area (Å²) in [5, 5.41) is 5.00. The Bertz CT molecular complexity index is 462. The van der Waals surface area contributed by atoms with E-state index < -0.39 is 0 Å². The zero-order valence-electron chi connectivity index (χ0n) is 10.9. The van der Waals surface area contributed by atoms with Crippen molar-refractivity contribution < 1.29 is 4.79 Å². The van der Waals surface area contributed by atoms with Crippen LogP contribution in [0.5, 0.6) is 0 Å². The van der Waals surface area contributed by atoms with Crippen molar-refractivity contribution in [3.05, 3.63) is 16.4 Å². The fourth-order valence-corrected chi connectivity index (χ4v) is 2.68. The molecule has 1 saturated carbocycles. The summed E-state index contributed by atoms with van der Waals surface area (Å²) in [6, 6.07) is 0. The minimum Gasteiger partial charge on any atom is -0.299 e. The summed E-state index contributed by atoms with van der Waals surface area (Å²) in [5.74, 6) is 0.501. The molecule has 1 aromatic rings. The molecular weight excluding hydrogens is 236 g/mol. The van der Waals surface area contributed by atoms with E-state index in [-0.39, 0.29) is 11.3 Å². The van der Waals surface area contributed by atoms with Crippen molar-refractivity contribution in [1.82, 2.24) is 9.78 Å². The molecule has 1 atom stereocenters. The Morgan fingerprint density at radius 2 is 2.18 bits per heavy atom. The molecule has 0 amide bonds. The Hall–Kier alpha value is -0.830. The zero-order chi connectivity index (χ0) is 12.8. The molecule has 0 bridgehead atoms. The van der Waals surface area contributed by atoms with Gasteiger partial charge in [-0.1, -0.05) is 32.4 Å². The fourth-order valence-electron chi connectivity index (χ4n) is 2.32. The van der Waals surface area contributed by atoms with Crippen molar-refractivity contribution in [3.8, 4) is 0 Å². The average molecular weight is 255 g/mol. The third kappa shape index (κ3) is 2.25. The summed E-state index contributed by atoms with van der Waals surface area (Å²) in [6.45, 7) is 6.29. The molecule has 0 aliphatic heterocycles. The zero-order valence-corrected chi connectivity index (χ0v) is 11.6. The molecule has 2 rings (SSSR count). The van der Waals surface area contributed by atoms with Crippen LogP contribution in [-0.4, -0.2) is 15.6 Å². The van der Waals surface area contributed by atoms with E-state index in [0.29, 0.717) is 17.2 Å². The first-order chi connectivity index (χ1) is 7.86. The van der Waals surface area contributed by atoms with E-state index in [2.05, 4.69) is 18.9 Å². The van der Waals surface area contributed by atoms with Crippen LogP contribution in [0.3, 0.4) is 0 Å². The highest BCUT2D eigenvalue weighted by molar-refractivity contribution is 6.32. The van der Waals surface area contributed by atoms with Crippen LogP contribution >= 0.6 is 11.6 Å². The lowest BCUT2D eigenvalue weighted by Crippen LogP contribution is -2.12. The molecule has 1 fully saturated rings. The molecule has 1 heterocycles. The van der Waals surface area contributed by atoms with E-state index in [1.54, 1.807) is 4.68 Å². The van der Waals surface area contributed by atoms with Crippen LogP contribution in [0.4, 0.5) is 0 Å². The number of Topliss-reactive ketones (excluding diaryl/α,β-unsaturated/α-hetero) is 1. The Balaban J connectivity index is 2.14. The van der Waals surface area contributed by atoms with E-state index in [0.717, 1.165) is 24.2 Å². The molecule has 0 spiro atoms. The van der Waals surface area contributed by atoms with Gasteiger partial charge in [0.15, 0.2) is 0 Å². The molecule has 4 heteroatoms. The number of aromatic nitrogens is 2. The summed E-state index contributed by atoms with van der Waals surface area (Å²) >= 11 is 6.23. The number of nitrogens with zero attached hydrogens (tertiary/aromatic N) is 2. The van der Waals surface area contributed by atoms with Crippen molar-refractivity contribution in [2.24, 2.45) is 18.4 Å². The number of hydrogen-bond donors (Lipinski definition) is 0. The van der Waals surface area contributed by atoms with Crippen molar-refractivity contribution in [2.45, 2.75) is 40.0 Å². The molecule has 0 saturated heterocycles. The maximum absolute atomic E-state index is 12.1. The standard InChI is InChI=1S/C13H19ClN2O/c1-5-9-12(14)10(16(4)15-9)6-11(17)8-7-13(8,2)3/h8H,5-7H2,1-4H3. The minimum atomic E-state index is 0.190. The predicted octanol–water partition coefficient (Wildman–Crippen LogP) is 2.79. The van der Waals surface area contributed by atoms with Gasteiger partial charge in [0, 0.05) is 13.0 Å². The van der Waals surface area contributed by atoms with Gasteiger partial charge in [-0.2, -0.15) is 5.10 Å².